The van der Waals surface area contributed by atoms with Crippen LogP contribution in [0.15, 0.2) is 58.0 Å². The highest BCUT2D eigenvalue weighted by Gasteiger charge is 2.24. The summed E-state index contributed by atoms with van der Waals surface area (Å²) < 4.78 is 0.967. The van der Waals surface area contributed by atoms with Gasteiger partial charge in [-0.05, 0) is 24.6 Å². The van der Waals surface area contributed by atoms with Gasteiger partial charge in [-0.1, -0.05) is 53.2 Å². The zero-order valence-corrected chi connectivity index (χ0v) is 13.2. The van der Waals surface area contributed by atoms with E-state index in [0.717, 1.165) is 27.0 Å². The Labute approximate surface area is 132 Å². The van der Waals surface area contributed by atoms with E-state index < -0.39 is 0 Å². The fourth-order valence-electron chi connectivity index (χ4n) is 2.42. The Morgan fingerprint density at radius 3 is 2.67 bits per heavy atom. The number of nitrogens with zero attached hydrogens (tertiary/aromatic N) is 1. The largest absolute Gasteiger partial charge is 0.324 e. The number of nitrogens with one attached hydrogen (secondary N) is 1. The van der Waals surface area contributed by atoms with E-state index in [1.807, 2.05) is 55.5 Å². The van der Waals surface area contributed by atoms with E-state index in [1.165, 1.54) is 0 Å². The van der Waals surface area contributed by atoms with Crippen molar-refractivity contribution in [2.24, 2.45) is 4.99 Å². The number of rotatable bonds is 2. The number of benzodiazepines with no additional fused rings is 1. The number of halogens is 1. The first-order valence-electron chi connectivity index (χ1n) is 6.93. The molecule has 1 aliphatic rings. The van der Waals surface area contributed by atoms with Gasteiger partial charge in [-0.2, -0.15) is 0 Å². The molecule has 1 heterocycles. The van der Waals surface area contributed by atoms with Crippen LogP contribution in [0.25, 0.3) is 0 Å². The van der Waals surface area contributed by atoms with Gasteiger partial charge in [0.2, 0.25) is 5.91 Å². The standard InChI is InChI=1S/C17H15BrN2O/c1-2-14-17(21)20-15-9-8-12(18)10-13(15)16(19-14)11-6-4-3-5-7-11/h3-10,14H,2H2,1H3,(H,20,21). The Morgan fingerprint density at radius 1 is 1.19 bits per heavy atom. The first kappa shape index (κ1) is 14.0. The molecule has 0 aliphatic carbocycles. The maximum absolute atomic E-state index is 12.2. The van der Waals surface area contributed by atoms with E-state index in [-0.39, 0.29) is 11.9 Å². The van der Waals surface area contributed by atoms with Crippen LogP contribution in [-0.2, 0) is 4.79 Å². The zero-order valence-electron chi connectivity index (χ0n) is 11.6. The van der Waals surface area contributed by atoms with Crippen LogP contribution in [-0.4, -0.2) is 17.7 Å². The molecule has 2 aromatic carbocycles. The number of fused-ring (bicyclic) bond motifs is 1. The Kier molecular flexibility index (Phi) is 3.88. The van der Waals surface area contributed by atoms with Gasteiger partial charge in [-0.3, -0.25) is 9.79 Å². The Morgan fingerprint density at radius 2 is 1.95 bits per heavy atom. The summed E-state index contributed by atoms with van der Waals surface area (Å²) in [5.74, 6) is -0.0491. The number of anilines is 1. The summed E-state index contributed by atoms with van der Waals surface area (Å²) in [7, 11) is 0. The lowest BCUT2D eigenvalue weighted by Crippen LogP contribution is -2.24. The smallest absolute Gasteiger partial charge is 0.249 e. The lowest BCUT2D eigenvalue weighted by Gasteiger charge is -2.10. The van der Waals surface area contributed by atoms with Crippen LogP contribution in [0.2, 0.25) is 0 Å². The molecule has 1 N–H and O–H groups in total. The molecule has 3 nitrogen and oxygen atoms in total. The molecule has 106 valence electrons. The summed E-state index contributed by atoms with van der Waals surface area (Å²) in [4.78, 5) is 17.0. The predicted octanol–water partition coefficient (Wildman–Crippen LogP) is 4.02. The Balaban J connectivity index is 2.22. The lowest BCUT2D eigenvalue weighted by atomic mass is 10.0. The van der Waals surface area contributed by atoms with E-state index in [2.05, 4.69) is 21.2 Å². The minimum atomic E-state index is -0.355. The van der Waals surface area contributed by atoms with E-state index in [4.69, 9.17) is 4.99 Å². The molecule has 3 rings (SSSR count). The second kappa shape index (κ2) is 5.82. The summed E-state index contributed by atoms with van der Waals surface area (Å²) in [5.41, 5.74) is 3.63. The van der Waals surface area contributed by atoms with Crippen LogP contribution in [0.5, 0.6) is 0 Å². The van der Waals surface area contributed by atoms with Gasteiger partial charge in [-0.25, -0.2) is 0 Å². The third-order valence-electron chi connectivity index (χ3n) is 3.52. The van der Waals surface area contributed by atoms with Gasteiger partial charge >= 0.3 is 0 Å². The van der Waals surface area contributed by atoms with Crippen LogP contribution in [0.3, 0.4) is 0 Å². The number of carbonyl (C=O) groups is 1. The molecular weight excluding hydrogens is 328 g/mol. The first-order valence-corrected chi connectivity index (χ1v) is 7.72. The van der Waals surface area contributed by atoms with Crippen LogP contribution in [0.4, 0.5) is 5.69 Å². The normalized spacial score (nSPS) is 17.5. The van der Waals surface area contributed by atoms with Crippen molar-refractivity contribution in [1.29, 1.82) is 0 Å². The monoisotopic (exact) mass is 342 g/mol. The van der Waals surface area contributed by atoms with E-state index >= 15 is 0 Å². The van der Waals surface area contributed by atoms with Gasteiger partial charge in [0.25, 0.3) is 0 Å². The molecule has 1 aliphatic heterocycles. The van der Waals surface area contributed by atoms with Gasteiger partial charge in [0.05, 0.1) is 11.4 Å². The minimum Gasteiger partial charge on any atom is -0.324 e. The van der Waals surface area contributed by atoms with Crippen molar-refractivity contribution in [1.82, 2.24) is 0 Å². The molecule has 1 atom stereocenters. The summed E-state index contributed by atoms with van der Waals surface area (Å²) in [5, 5.41) is 2.98. The van der Waals surface area contributed by atoms with Gasteiger partial charge < -0.3 is 5.32 Å². The van der Waals surface area contributed by atoms with Crippen LogP contribution in [0, 0.1) is 0 Å². The lowest BCUT2D eigenvalue weighted by molar-refractivity contribution is -0.117. The van der Waals surface area contributed by atoms with Crippen molar-refractivity contribution in [3.63, 3.8) is 0 Å². The molecule has 21 heavy (non-hydrogen) atoms. The second-order valence-electron chi connectivity index (χ2n) is 4.95. The van der Waals surface area contributed by atoms with Crippen molar-refractivity contribution in [3.8, 4) is 0 Å². The van der Waals surface area contributed by atoms with Crippen LogP contribution >= 0.6 is 15.9 Å². The number of carbonyl (C=O) groups excluding carboxylic acids is 1. The Hall–Kier alpha value is -1.94. The molecule has 0 bridgehead atoms. The van der Waals surface area contributed by atoms with Crippen molar-refractivity contribution in [2.45, 2.75) is 19.4 Å². The molecule has 0 fully saturated rings. The molecule has 0 spiro atoms. The molecule has 2 aromatic rings. The highest BCUT2D eigenvalue weighted by Crippen LogP contribution is 2.27. The van der Waals surface area contributed by atoms with Gasteiger partial charge in [0, 0.05) is 15.6 Å². The third-order valence-corrected chi connectivity index (χ3v) is 4.01. The van der Waals surface area contributed by atoms with Crippen molar-refractivity contribution < 1.29 is 4.79 Å². The summed E-state index contributed by atoms with van der Waals surface area (Å²) in [6.45, 7) is 1.97. The molecule has 0 saturated heterocycles. The quantitative estimate of drug-likeness (QED) is 0.879. The number of aliphatic imine (C=N–C) groups is 1. The molecule has 4 heteroatoms. The van der Waals surface area contributed by atoms with E-state index in [9.17, 15) is 4.79 Å². The maximum atomic E-state index is 12.2. The molecule has 1 unspecified atom stereocenters. The minimum absolute atomic E-state index is 0.0491. The first-order chi connectivity index (χ1) is 10.2. The van der Waals surface area contributed by atoms with Gasteiger partial charge in [0.15, 0.2) is 0 Å². The highest BCUT2D eigenvalue weighted by atomic mass is 79.9. The number of benzene rings is 2. The molecule has 0 aromatic heterocycles. The van der Waals surface area contributed by atoms with Crippen LogP contribution < -0.4 is 5.32 Å². The average molecular weight is 343 g/mol. The highest BCUT2D eigenvalue weighted by molar-refractivity contribution is 9.10. The fourth-order valence-corrected chi connectivity index (χ4v) is 2.79. The van der Waals surface area contributed by atoms with Crippen LogP contribution in [0.1, 0.15) is 24.5 Å². The van der Waals surface area contributed by atoms with Crippen molar-refractivity contribution in [2.75, 3.05) is 5.32 Å². The maximum Gasteiger partial charge on any atom is 0.249 e. The summed E-state index contributed by atoms with van der Waals surface area (Å²) in [6.07, 6.45) is 0.678. The van der Waals surface area contributed by atoms with E-state index in [1.54, 1.807) is 0 Å². The second-order valence-corrected chi connectivity index (χ2v) is 5.86. The van der Waals surface area contributed by atoms with Gasteiger partial charge in [0.1, 0.15) is 6.04 Å². The summed E-state index contributed by atoms with van der Waals surface area (Å²) >= 11 is 3.50. The topological polar surface area (TPSA) is 41.5 Å². The van der Waals surface area contributed by atoms with E-state index in [0.29, 0.717) is 6.42 Å². The Bertz CT molecular complexity index is 710. The molecule has 0 radical (unpaired) electrons. The number of hydrogen-bond acceptors (Lipinski definition) is 2. The molecular formula is C17H15BrN2O. The SMILES string of the molecule is CCC1N=C(c2ccccc2)c2cc(Br)ccc2NC1=O. The summed E-state index contributed by atoms with van der Waals surface area (Å²) in [6, 6.07) is 15.5. The number of amides is 1. The molecule has 1 amide bonds. The van der Waals surface area contributed by atoms with Crippen molar-refractivity contribution in [3.05, 3.63) is 64.1 Å². The third kappa shape index (κ3) is 2.76. The molecule has 0 saturated carbocycles. The van der Waals surface area contributed by atoms with Gasteiger partial charge in [-0.15, -0.1) is 0 Å². The average Bonchev–Trinajstić information content (AvgIpc) is 2.64. The zero-order chi connectivity index (χ0) is 14.8. The fraction of sp³-hybridized carbons (Fsp3) is 0.176. The number of hydrogen-bond donors (Lipinski definition) is 1. The van der Waals surface area contributed by atoms with Crippen molar-refractivity contribution >= 4 is 33.2 Å². The predicted molar refractivity (Wildman–Crippen MR) is 88.9 cm³/mol.